The number of aryl methyl sites for hydroxylation is 1. The van der Waals surface area contributed by atoms with E-state index in [-0.39, 0.29) is 5.82 Å². The highest BCUT2D eigenvalue weighted by molar-refractivity contribution is 5.16. The van der Waals surface area contributed by atoms with Gasteiger partial charge >= 0.3 is 0 Å². The highest BCUT2D eigenvalue weighted by Crippen LogP contribution is 2.41. The van der Waals surface area contributed by atoms with Gasteiger partial charge in [-0.1, -0.05) is 6.92 Å². The van der Waals surface area contributed by atoms with Crippen molar-refractivity contribution < 1.29 is 4.39 Å². The zero-order chi connectivity index (χ0) is 8.55. The van der Waals surface area contributed by atoms with Gasteiger partial charge in [0.15, 0.2) is 5.82 Å². The van der Waals surface area contributed by atoms with Gasteiger partial charge < -0.3 is 0 Å². The number of hydrogen-bond acceptors (Lipinski definition) is 1. The number of aromatic nitrogens is 2. The zero-order valence-corrected chi connectivity index (χ0v) is 7.26. The monoisotopic (exact) mass is 168 g/mol. The minimum absolute atomic E-state index is 0.119. The van der Waals surface area contributed by atoms with E-state index < -0.39 is 0 Å². The molecule has 1 aromatic rings. The molecule has 1 fully saturated rings. The summed E-state index contributed by atoms with van der Waals surface area (Å²) in [5, 5.41) is 4.01. The van der Waals surface area contributed by atoms with E-state index in [1.54, 1.807) is 0 Å². The van der Waals surface area contributed by atoms with Gasteiger partial charge in [0.2, 0.25) is 0 Å². The van der Waals surface area contributed by atoms with E-state index in [9.17, 15) is 4.39 Å². The van der Waals surface area contributed by atoms with E-state index in [0.717, 1.165) is 31.5 Å². The van der Waals surface area contributed by atoms with Gasteiger partial charge in [0.25, 0.3) is 0 Å². The standard InChI is InChI=1S/C9H13FN2/c1-2-5-12-9(7-3-4-7)8(10)6-11-12/h6-7H,2-5H2,1H3. The van der Waals surface area contributed by atoms with Crippen LogP contribution in [0.25, 0.3) is 0 Å². The summed E-state index contributed by atoms with van der Waals surface area (Å²) in [7, 11) is 0. The molecule has 0 aromatic carbocycles. The zero-order valence-electron chi connectivity index (χ0n) is 7.26. The molecule has 1 aliphatic carbocycles. The molecule has 0 saturated heterocycles. The fraction of sp³-hybridized carbons (Fsp3) is 0.667. The van der Waals surface area contributed by atoms with Crippen molar-refractivity contribution in [1.29, 1.82) is 0 Å². The number of hydrogen-bond donors (Lipinski definition) is 0. The van der Waals surface area contributed by atoms with Crippen LogP contribution in [-0.4, -0.2) is 9.78 Å². The number of nitrogens with zero attached hydrogens (tertiary/aromatic N) is 2. The van der Waals surface area contributed by atoms with Crippen LogP contribution >= 0.6 is 0 Å². The van der Waals surface area contributed by atoms with Crippen LogP contribution in [0, 0.1) is 5.82 Å². The van der Waals surface area contributed by atoms with Gasteiger partial charge in [0, 0.05) is 12.5 Å². The molecule has 0 amide bonds. The number of rotatable bonds is 3. The van der Waals surface area contributed by atoms with E-state index in [4.69, 9.17) is 0 Å². The normalized spacial score (nSPS) is 16.8. The average Bonchev–Trinajstić information content (AvgIpc) is 2.80. The molecule has 1 heterocycles. The molecule has 0 unspecified atom stereocenters. The summed E-state index contributed by atoms with van der Waals surface area (Å²) < 4.78 is 15.0. The third-order valence-corrected chi connectivity index (χ3v) is 2.23. The molecule has 66 valence electrons. The summed E-state index contributed by atoms with van der Waals surface area (Å²) in [6, 6.07) is 0. The van der Waals surface area contributed by atoms with Gasteiger partial charge in [-0.3, -0.25) is 4.68 Å². The first kappa shape index (κ1) is 7.77. The van der Waals surface area contributed by atoms with Gasteiger partial charge in [-0.05, 0) is 19.3 Å². The van der Waals surface area contributed by atoms with Crippen molar-refractivity contribution in [2.75, 3.05) is 0 Å². The molecule has 1 aromatic heterocycles. The third-order valence-electron chi connectivity index (χ3n) is 2.23. The van der Waals surface area contributed by atoms with E-state index in [2.05, 4.69) is 12.0 Å². The first-order valence-electron chi connectivity index (χ1n) is 4.54. The molecule has 1 aliphatic rings. The Balaban J connectivity index is 2.27. The van der Waals surface area contributed by atoms with E-state index in [1.807, 2.05) is 4.68 Å². The molecule has 0 atom stereocenters. The molecule has 0 radical (unpaired) electrons. The van der Waals surface area contributed by atoms with E-state index >= 15 is 0 Å². The first-order valence-corrected chi connectivity index (χ1v) is 4.54. The maximum absolute atomic E-state index is 13.1. The Morgan fingerprint density at radius 2 is 2.42 bits per heavy atom. The Hall–Kier alpha value is -0.860. The Kier molecular flexibility index (Phi) is 1.87. The maximum Gasteiger partial charge on any atom is 0.164 e. The lowest BCUT2D eigenvalue weighted by Gasteiger charge is -2.03. The van der Waals surface area contributed by atoms with Gasteiger partial charge in [0.1, 0.15) is 0 Å². The topological polar surface area (TPSA) is 17.8 Å². The van der Waals surface area contributed by atoms with E-state index in [1.165, 1.54) is 6.20 Å². The fourth-order valence-electron chi connectivity index (χ4n) is 1.52. The maximum atomic E-state index is 13.1. The fourth-order valence-corrected chi connectivity index (χ4v) is 1.52. The predicted octanol–water partition coefficient (Wildman–Crippen LogP) is 2.31. The molecule has 0 bridgehead atoms. The van der Waals surface area contributed by atoms with Crippen molar-refractivity contribution in [3.8, 4) is 0 Å². The third kappa shape index (κ3) is 1.24. The van der Waals surface area contributed by atoms with Crippen LogP contribution in [0.4, 0.5) is 4.39 Å². The largest absolute Gasteiger partial charge is 0.266 e. The van der Waals surface area contributed by atoms with E-state index in [0.29, 0.717) is 5.92 Å². The smallest absolute Gasteiger partial charge is 0.164 e. The second-order valence-electron chi connectivity index (χ2n) is 3.38. The number of halogens is 1. The molecular formula is C9H13FN2. The first-order chi connectivity index (χ1) is 5.83. The van der Waals surface area contributed by atoms with Gasteiger partial charge in [-0.2, -0.15) is 5.10 Å². The Bertz CT molecular complexity index is 276. The van der Waals surface area contributed by atoms with Crippen LogP contribution in [-0.2, 0) is 6.54 Å². The highest BCUT2D eigenvalue weighted by Gasteiger charge is 2.30. The summed E-state index contributed by atoms with van der Waals surface area (Å²) in [6.07, 6.45) is 4.61. The molecule has 2 nitrogen and oxygen atoms in total. The quantitative estimate of drug-likeness (QED) is 0.677. The summed E-state index contributed by atoms with van der Waals surface area (Å²) in [4.78, 5) is 0. The van der Waals surface area contributed by atoms with Crippen molar-refractivity contribution in [2.24, 2.45) is 0 Å². The minimum Gasteiger partial charge on any atom is -0.266 e. The van der Waals surface area contributed by atoms with Crippen LogP contribution in [0.2, 0.25) is 0 Å². The summed E-state index contributed by atoms with van der Waals surface area (Å²) in [5.41, 5.74) is 0.830. The van der Waals surface area contributed by atoms with Gasteiger partial charge in [0.05, 0.1) is 11.9 Å². The second-order valence-corrected chi connectivity index (χ2v) is 3.38. The second kappa shape index (κ2) is 2.88. The molecular weight excluding hydrogens is 155 g/mol. The van der Waals surface area contributed by atoms with Crippen molar-refractivity contribution in [1.82, 2.24) is 9.78 Å². The van der Waals surface area contributed by atoms with Crippen LogP contribution in [0.3, 0.4) is 0 Å². The average molecular weight is 168 g/mol. The van der Waals surface area contributed by atoms with Crippen molar-refractivity contribution in [3.63, 3.8) is 0 Å². The molecule has 3 heteroatoms. The van der Waals surface area contributed by atoms with Crippen molar-refractivity contribution >= 4 is 0 Å². The highest BCUT2D eigenvalue weighted by atomic mass is 19.1. The van der Waals surface area contributed by atoms with Gasteiger partial charge in [-0.15, -0.1) is 0 Å². The Morgan fingerprint density at radius 1 is 1.67 bits per heavy atom. The predicted molar refractivity (Wildman–Crippen MR) is 44.5 cm³/mol. The molecule has 0 aliphatic heterocycles. The SMILES string of the molecule is CCCn1ncc(F)c1C1CC1. The molecule has 0 N–H and O–H groups in total. The van der Waals surface area contributed by atoms with Crippen LogP contribution in [0.1, 0.15) is 37.8 Å². The van der Waals surface area contributed by atoms with Crippen LogP contribution in [0.15, 0.2) is 6.20 Å². The summed E-state index contributed by atoms with van der Waals surface area (Å²) in [5.74, 6) is 0.338. The minimum atomic E-state index is -0.119. The van der Waals surface area contributed by atoms with Gasteiger partial charge in [-0.25, -0.2) is 4.39 Å². The molecule has 1 saturated carbocycles. The van der Waals surface area contributed by atoms with Crippen molar-refractivity contribution in [2.45, 2.75) is 38.6 Å². The molecule has 12 heavy (non-hydrogen) atoms. The Morgan fingerprint density at radius 3 is 3.00 bits per heavy atom. The molecule has 2 rings (SSSR count). The lowest BCUT2D eigenvalue weighted by molar-refractivity contribution is 0.550. The lowest BCUT2D eigenvalue weighted by atomic mass is 10.3. The van der Waals surface area contributed by atoms with Crippen LogP contribution < -0.4 is 0 Å². The summed E-state index contributed by atoms with van der Waals surface area (Å²) in [6.45, 7) is 2.92. The van der Waals surface area contributed by atoms with Crippen LogP contribution in [0.5, 0.6) is 0 Å². The molecule has 0 spiro atoms. The van der Waals surface area contributed by atoms with Crippen molar-refractivity contribution in [3.05, 3.63) is 17.7 Å². The lowest BCUT2D eigenvalue weighted by Crippen LogP contribution is -2.03. The Labute approximate surface area is 71.4 Å². The summed E-state index contributed by atoms with van der Waals surface area (Å²) >= 11 is 0.